The zero-order valence-electron chi connectivity index (χ0n) is 29.8. The summed E-state index contributed by atoms with van der Waals surface area (Å²) in [5.74, 6) is 0.139. The molecule has 5 rings (SSSR count). The van der Waals surface area contributed by atoms with Crippen molar-refractivity contribution >= 4 is 35.4 Å². The molecule has 14 nitrogen and oxygen atoms in total. The number of allylic oxidation sites excluding steroid dienone is 1. The van der Waals surface area contributed by atoms with Crippen LogP contribution in [-0.4, -0.2) is 71.9 Å². The number of nitrogens with two attached hydrogens (primary N) is 2. The Morgan fingerprint density at radius 2 is 1.62 bits per heavy atom. The Labute approximate surface area is 303 Å². The summed E-state index contributed by atoms with van der Waals surface area (Å²) in [5.41, 5.74) is 15.5. The van der Waals surface area contributed by atoms with E-state index in [4.69, 9.17) is 25.7 Å². The number of ether oxygens (including phenoxy) is 3. The number of nitrogens with zero attached hydrogens (tertiary/aromatic N) is 3. The van der Waals surface area contributed by atoms with Crippen molar-refractivity contribution in [3.8, 4) is 17.2 Å². The van der Waals surface area contributed by atoms with Gasteiger partial charge < -0.3 is 36.3 Å². The Bertz CT molecular complexity index is 1800. The first-order valence-electron chi connectivity index (χ1n) is 17.6. The summed E-state index contributed by atoms with van der Waals surface area (Å²) in [6.45, 7) is 4.13. The Morgan fingerprint density at radius 1 is 0.942 bits per heavy atom. The third-order valence-electron chi connectivity index (χ3n) is 9.26. The number of unbranched alkanes of at least 4 members (excludes halogenated alkanes) is 6. The number of fused-ring (bicyclic) bond motifs is 1. The van der Waals surface area contributed by atoms with Crippen LogP contribution < -0.4 is 36.3 Å². The molecule has 1 fully saturated rings. The zero-order valence-corrected chi connectivity index (χ0v) is 29.8. The van der Waals surface area contributed by atoms with Gasteiger partial charge in [0.2, 0.25) is 17.6 Å². The van der Waals surface area contributed by atoms with Gasteiger partial charge in [0.05, 0.1) is 25.3 Å². The minimum Gasteiger partial charge on any atom is -0.493 e. The van der Waals surface area contributed by atoms with Crippen molar-refractivity contribution in [3.63, 3.8) is 0 Å². The van der Waals surface area contributed by atoms with E-state index in [0.717, 1.165) is 67.4 Å². The quantitative estimate of drug-likeness (QED) is 0.109. The Hall–Kier alpha value is -5.66. The second kappa shape index (κ2) is 17.5. The Morgan fingerprint density at radius 3 is 2.29 bits per heavy atom. The number of aromatic nitrogens is 2. The highest BCUT2D eigenvalue weighted by atomic mass is 16.5. The maximum Gasteiger partial charge on any atom is 0.262 e. The number of anilines is 2. The second-order valence-corrected chi connectivity index (χ2v) is 13.0. The SMILES string of the molecule is C=C1CCC(N2C(=O)c3ccc(CCCCCCCCCNC(=O)COc4c(OC)cc(Cc5cnc(N)nc5N)cc4OC)cc3C2=O)C(=O)N1. The third-order valence-corrected chi connectivity index (χ3v) is 9.26. The number of carbonyl (C=O) groups is 4. The van der Waals surface area contributed by atoms with Crippen LogP contribution in [0.2, 0.25) is 0 Å². The molecule has 0 bridgehead atoms. The molecule has 0 aliphatic carbocycles. The number of nitrogen functional groups attached to an aromatic ring is 2. The van der Waals surface area contributed by atoms with E-state index in [1.54, 1.807) is 30.5 Å². The van der Waals surface area contributed by atoms with Crippen LogP contribution in [0.3, 0.4) is 0 Å². The fraction of sp³-hybridized carbons (Fsp3) is 0.421. The number of benzene rings is 2. The van der Waals surface area contributed by atoms with Crippen LogP contribution in [0.4, 0.5) is 11.8 Å². The average Bonchev–Trinajstić information content (AvgIpc) is 3.37. The highest BCUT2D eigenvalue weighted by Gasteiger charge is 2.43. The first-order chi connectivity index (χ1) is 25.1. The second-order valence-electron chi connectivity index (χ2n) is 13.0. The van der Waals surface area contributed by atoms with Crippen LogP contribution in [-0.2, 0) is 22.4 Å². The number of imide groups is 1. The predicted molar refractivity (Wildman–Crippen MR) is 195 cm³/mol. The summed E-state index contributed by atoms with van der Waals surface area (Å²) in [7, 11) is 3.03. The molecule has 2 aliphatic rings. The van der Waals surface area contributed by atoms with E-state index in [0.29, 0.717) is 71.3 Å². The summed E-state index contributed by atoms with van der Waals surface area (Å²) in [6.07, 6.45) is 10.8. The number of nitrogens with one attached hydrogen (secondary N) is 2. The van der Waals surface area contributed by atoms with Crippen molar-refractivity contribution in [1.29, 1.82) is 0 Å². The highest BCUT2D eigenvalue weighted by molar-refractivity contribution is 6.23. The number of hydrogen-bond acceptors (Lipinski definition) is 11. The fourth-order valence-corrected chi connectivity index (χ4v) is 6.48. The molecule has 1 aromatic heterocycles. The highest BCUT2D eigenvalue weighted by Crippen LogP contribution is 2.39. The van der Waals surface area contributed by atoms with Gasteiger partial charge in [-0.25, -0.2) is 4.98 Å². The van der Waals surface area contributed by atoms with Gasteiger partial charge in [-0.1, -0.05) is 44.7 Å². The van der Waals surface area contributed by atoms with Gasteiger partial charge in [-0.3, -0.25) is 24.1 Å². The van der Waals surface area contributed by atoms with Gasteiger partial charge in [0.15, 0.2) is 18.1 Å². The minimum absolute atomic E-state index is 0.103. The standard InChI is InChI=1S/C38H47N7O7/c1-23-12-15-29(35(47)43-23)45-36(48)27-14-13-24(18-28(27)37(45)49)11-9-7-5-4-6-8-10-16-41-32(46)22-52-33-30(50-2)19-25(20-31(33)51-3)17-26-21-42-38(40)44-34(26)39/h13-14,18-21,29H,1,4-12,15-17,22H2,2-3H3,(H,41,46)(H,43,47)(H4,39,40,42,44). The number of piperidine rings is 1. The molecule has 3 heterocycles. The first kappa shape index (κ1) is 37.6. The molecular formula is C38H47N7O7. The lowest BCUT2D eigenvalue weighted by Gasteiger charge is -2.29. The summed E-state index contributed by atoms with van der Waals surface area (Å²) < 4.78 is 16.9. The van der Waals surface area contributed by atoms with Crippen LogP contribution in [0, 0.1) is 0 Å². The summed E-state index contributed by atoms with van der Waals surface area (Å²) in [6, 6.07) is 8.18. The normalized spacial score (nSPS) is 15.3. The molecule has 14 heteroatoms. The molecular weight excluding hydrogens is 666 g/mol. The minimum atomic E-state index is -0.805. The van der Waals surface area contributed by atoms with Gasteiger partial charge in [-0.05, 0) is 67.5 Å². The first-order valence-corrected chi connectivity index (χ1v) is 17.6. The van der Waals surface area contributed by atoms with Crippen LogP contribution in [0.15, 0.2) is 48.8 Å². The van der Waals surface area contributed by atoms with E-state index in [1.807, 2.05) is 6.07 Å². The predicted octanol–water partition coefficient (Wildman–Crippen LogP) is 4.11. The number of aryl methyl sites for hydroxylation is 1. The Balaban J connectivity index is 0.956. The molecule has 0 spiro atoms. The van der Waals surface area contributed by atoms with E-state index in [-0.39, 0.29) is 24.4 Å². The monoisotopic (exact) mass is 713 g/mol. The lowest BCUT2D eigenvalue weighted by Crippen LogP contribution is -2.51. The van der Waals surface area contributed by atoms with Crippen molar-refractivity contribution in [3.05, 3.63) is 76.6 Å². The number of hydrogen-bond donors (Lipinski definition) is 4. The third kappa shape index (κ3) is 9.16. The Kier molecular flexibility index (Phi) is 12.7. The molecule has 3 aromatic rings. The van der Waals surface area contributed by atoms with E-state index >= 15 is 0 Å². The number of methoxy groups -OCH3 is 2. The van der Waals surface area contributed by atoms with E-state index in [2.05, 4.69) is 27.2 Å². The van der Waals surface area contributed by atoms with Crippen LogP contribution >= 0.6 is 0 Å². The topological polar surface area (TPSA) is 201 Å². The number of rotatable bonds is 18. The van der Waals surface area contributed by atoms with Crippen molar-refractivity contribution in [1.82, 2.24) is 25.5 Å². The molecule has 2 aromatic carbocycles. The van der Waals surface area contributed by atoms with Crippen molar-refractivity contribution in [2.24, 2.45) is 0 Å². The zero-order chi connectivity index (χ0) is 37.2. The number of amides is 4. The molecule has 276 valence electrons. The lowest BCUT2D eigenvalue weighted by atomic mass is 10.0. The largest absolute Gasteiger partial charge is 0.493 e. The molecule has 1 atom stereocenters. The van der Waals surface area contributed by atoms with Crippen LogP contribution in [0.5, 0.6) is 17.2 Å². The maximum atomic E-state index is 13.1. The molecule has 0 saturated carbocycles. The average molecular weight is 714 g/mol. The number of carbonyl (C=O) groups excluding carboxylic acids is 4. The van der Waals surface area contributed by atoms with Gasteiger partial charge in [0.1, 0.15) is 11.9 Å². The molecule has 1 saturated heterocycles. The van der Waals surface area contributed by atoms with Gasteiger partial charge in [-0.2, -0.15) is 4.98 Å². The van der Waals surface area contributed by atoms with Gasteiger partial charge >= 0.3 is 0 Å². The molecule has 2 aliphatic heterocycles. The fourth-order valence-electron chi connectivity index (χ4n) is 6.48. The smallest absolute Gasteiger partial charge is 0.262 e. The van der Waals surface area contributed by atoms with Gasteiger partial charge in [0.25, 0.3) is 17.7 Å². The van der Waals surface area contributed by atoms with Crippen molar-refractivity contribution in [2.75, 3.05) is 38.8 Å². The molecule has 0 radical (unpaired) electrons. The molecule has 1 unspecified atom stereocenters. The molecule has 52 heavy (non-hydrogen) atoms. The van der Waals surface area contributed by atoms with Crippen molar-refractivity contribution < 1.29 is 33.4 Å². The summed E-state index contributed by atoms with van der Waals surface area (Å²) in [5, 5.41) is 5.56. The molecule has 6 N–H and O–H groups in total. The van der Waals surface area contributed by atoms with Crippen LogP contribution in [0.25, 0.3) is 0 Å². The van der Waals surface area contributed by atoms with Gasteiger partial charge in [0, 0.05) is 30.4 Å². The van der Waals surface area contributed by atoms with Gasteiger partial charge in [-0.15, -0.1) is 0 Å². The van der Waals surface area contributed by atoms with E-state index < -0.39 is 17.9 Å². The lowest BCUT2D eigenvalue weighted by molar-refractivity contribution is -0.125. The van der Waals surface area contributed by atoms with E-state index in [9.17, 15) is 19.2 Å². The van der Waals surface area contributed by atoms with Crippen molar-refractivity contribution in [2.45, 2.75) is 76.7 Å². The maximum absolute atomic E-state index is 13.1. The van der Waals surface area contributed by atoms with E-state index in [1.165, 1.54) is 14.2 Å². The van der Waals surface area contributed by atoms with Crippen LogP contribution in [0.1, 0.15) is 95.2 Å². The summed E-state index contributed by atoms with van der Waals surface area (Å²) >= 11 is 0. The molecule has 4 amide bonds. The summed E-state index contributed by atoms with van der Waals surface area (Å²) in [4.78, 5) is 60.1.